The van der Waals surface area contributed by atoms with E-state index in [9.17, 15) is 0 Å². The maximum Gasteiger partial charge on any atom is 0.0853 e. The van der Waals surface area contributed by atoms with Crippen LogP contribution in [0.4, 0.5) is 11.4 Å². The molecule has 0 fully saturated rings. The van der Waals surface area contributed by atoms with E-state index in [1.54, 1.807) is 0 Å². The first kappa shape index (κ1) is 13.0. The smallest absolute Gasteiger partial charge is 0.0853 e. The number of nitrogens with one attached hydrogen (secondary N) is 1. The number of fused-ring (bicyclic) bond motifs is 1. The molecule has 0 aliphatic carbocycles. The Morgan fingerprint density at radius 1 is 1.30 bits per heavy atom. The standard InChI is InChI=1S/C16H22N4/c1-4-14-15(11-20(3)18-14)17-10-12-5-6-16-13(9-12)7-8-19(16)2/h5-6,9,11,17H,4,7-8,10H2,1-3H3. The SMILES string of the molecule is CCc1nn(C)cc1NCc1ccc2c(c1)CCN2C. The second-order valence-electron chi connectivity index (χ2n) is 5.50. The van der Waals surface area contributed by atoms with Gasteiger partial charge in [0.05, 0.1) is 11.4 Å². The molecule has 1 N–H and O–H groups in total. The first-order chi connectivity index (χ1) is 9.67. The number of hydrogen-bond acceptors (Lipinski definition) is 3. The quantitative estimate of drug-likeness (QED) is 0.927. The predicted octanol–water partition coefficient (Wildman–Crippen LogP) is 2.59. The third kappa shape index (κ3) is 2.38. The molecule has 0 amide bonds. The highest BCUT2D eigenvalue weighted by Crippen LogP contribution is 2.27. The molecule has 20 heavy (non-hydrogen) atoms. The average Bonchev–Trinajstić information content (AvgIpc) is 2.99. The molecule has 1 aromatic carbocycles. The molecule has 4 heteroatoms. The van der Waals surface area contributed by atoms with Gasteiger partial charge in [-0.3, -0.25) is 4.68 Å². The molecule has 0 unspecified atom stereocenters. The van der Waals surface area contributed by atoms with E-state index in [2.05, 4.69) is 53.7 Å². The molecule has 1 aliphatic heterocycles. The maximum absolute atomic E-state index is 4.46. The summed E-state index contributed by atoms with van der Waals surface area (Å²) >= 11 is 0. The highest BCUT2D eigenvalue weighted by atomic mass is 15.3. The summed E-state index contributed by atoms with van der Waals surface area (Å²) < 4.78 is 1.87. The van der Waals surface area contributed by atoms with Crippen molar-refractivity contribution in [3.63, 3.8) is 0 Å². The van der Waals surface area contributed by atoms with E-state index in [1.165, 1.54) is 16.8 Å². The van der Waals surface area contributed by atoms with Crippen LogP contribution in [-0.2, 0) is 26.4 Å². The molecule has 106 valence electrons. The summed E-state index contributed by atoms with van der Waals surface area (Å²) in [5, 5.41) is 7.96. The highest BCUT2D eigenvalue weighted by Gasteiger charge is 2.15. The Bertz CT molecular complexity index is 615. The van der Waals surface area contributed by atoms with Crippen LogP contribution in [0.25, 0.3) is 0 Å². The van der Waals surface area contributed by atoms with Gasteiger partial charge < -0.3 is 10.2 Å². The average molecular weight is 270 g/mol. The minimum atomic E-state index is 0.857. The van der Waals surface area contributed by atoms with Crippen molar-refractivity contribution >= 4 is 11.4 Å². The summed E-state index contributed by atoms with van der Waals surface area (Å²) in [6.07, 6.45) is 4.17. The van der Waals surface area contributed by atoms with Crippen LogP contribution in [0.2, 0.25) is 0 Å². The molecule has 2 aromatic rings. The highest BCUT2D eigenvalue weighted by molar-refractivity contribution is 5.59. The lowest BCUT2D eigenvalue weighted by Crippen LogP contribution is -2.12. The molecule has 0 spiro atoms. The molecule has 1 aliphatic rings. The molecule has 0 saturated heterocycles. The fourth-order valence-electron chi connectivity index (χ4n) is 2.87. The third-order valence-corrected chi connectivity index (χ3v) is 3.99. The van der Waals surface area contributed by atoms with Crippen LogP contribution >= 0.6 is 0 Å². The van der Waals surface area contributed by atoms with Gasteiger partial charge >= 0.3 is 0 Å². The number of aromatic nitrogens is 2. The molecule has 2 heterocycles. The van der Waals surface area contributed by atoms with Gasteiger partial charge in [-0.15, -0.1) is 0 Å². The van der Waals surface area contributed by atoms with Crippen molar-refractivity contribution in [2.24, 2.45) is 7.05 Å². The van der Waals surface area contributed by atoms with Crippen molar-refractivity contribution < 1.29 is 0 Å². The Labute approximate surface area is 120 Å². The fourth-order valence-corrected chi connectivity index (χ4v) is 2.87. The zero-order valence-electron chi connectivity index (χ0n) is 12.5. The molecular formula is C16H22N4. The van der Waals surface area contributed by atoms with Crippen molar-refractivity contribution in [1.29, 1.82) is 0 Å². The van der Waals surface area contributed by atoms with Gasteiger partial charge in [-0.1, -0.05) is 19.1 Å². The van der Waals surface area contributed by atoms with Crippen LogP contribution in [0.3, 0.4) is 0 Å². The number of anilines is 2. The second-order valence-corrected chi connectivity index (χ2v) is 5.50. The number of aryl methyl sites for hydroxylation is 2. The van der Waals surface area contributed by atoms with Crippen LogP contribution in [0, 0.1) is 0 Å². The molecule has 4 nitrogen and oxygen atoms in total. The molecule has 0 bridgehead atoms. The van der Waals surface area contributed by atoms with Crippen molar-refractivity contribution in [2.45, 2.75) is 26.3 Å². The van der Waals surface area contributed by atoms with Gasteiger partial charge in [0, 0.05) is 39.1 Å². The van der Waals surface area contributed by atoms with Crippen molar-refractivity contribution in [2.75, 3.05) is 23.8 Å². The molecule has 1 aromatic heterocycles. The van der Waals surface area contributed by atoms with Gasteiger partial charge in [0.15, 0.2) is 0 Å². The van der Waals surface area contributed by atoms with E-state index in [0.717, 1.165) is 37.3 Å². The largest absolute Gasteiger partial charge is 0.378 e. The summed E-state index contributed by atoms with van der Waals surface area (Å²) in [6, 6.07) is 6.78. The zero-order chi connectivity index (χ0) is 14.1. The minimum Gasteiger partial charge on any atom is -0.378 e. The lowest BCUT2D eigenvalue weighted by Gasteiger charge is -2.12. The number of benzene rings is 1. The van der Waals surface area contributed by atoms with Gasteiger partial charge in [-0.2, -0.15) is 5.10 Å². The summed E-state index contributed by atoms with van der Waals surface area (Å²) in [7, 11) is 4.13. The Balaban J connectivity index is 1.72. The lowest BCUT2D eigenvalue weighted by atomic mass is 10.1. The minimum absolute atomic E-state index is 0.857. The Morgan fingerprint density at radius 2 is 2.15 bits per heavy atom. The van der Waals surface area contributed by atoms with E-state index < -0.39 is 0 Å². The lowest BCUT2D eigenvalue weighted by molar-refractivity contribution is 0.746. The number of rotatable bonds is 4. The van der Waals surface area contributed by atoms with Crippen LogP contribution in [0.15, 0.2) is 24.4 Å². The maximum atomic E-state index is 4.46. The van der Waals surface area contributed by atoms with E-state index >= 15 is 0 Å². The van der Waals surface area contributed by atoms with Gasteiger partial charge in [0.25, 0.3) is 0 Å². The predicted molar refractivity (Wildman–Crippen MR) is 83.3 cm³/mol. The van der Waals surface area contributed by atoms with E-state index in [0.29, 0.717) is 0 Å². The second kappa shape index (κ2) is 5.19. The summed E-state index contributed by atoms with van der Waals surface area (Å²) in [5.41, 5.74) is 6.46. The Hall–Kier alpha value is -1.97. The van der Waals surface area contributed by atoms with Crippen LogP contribution in [-0.4, -0.2) is 23.4 Å². The van der Waals surface area contributed by atoms with Crippen molar-refractivity contribution in [3.8, 4) is 0 Å². The first-order valence-corrected chi connectivity index (χ1v) is 7.26. The van der Waals surface area contributed by atoms with E-state index in [-0.39, 0.29) is 0 Å². The summed E-state index contributed by atoms with van der Waals surface area (Å²) in [4.78, 5) is 2.32. The van der Waals surface area contributed by atoms with Crippen LogP contribution < -0.4 is 10.2 Å². The third-order valence-electron chi connectivity index (χ3n) is 3.99. The fraction of sp³-hybridized carbons (Fsp3) is 0.438. The molecule has 0 saturated carbocycles. The van der Waals surface area contributed by atoms with Gasteiger partial charge in [-0.25, -0.2) is 0 Å². The van der Waals surface area contributed by atoms with Crippen molar-refractivity contribution in [3.05, 3.63) is 41.2 Å². The van der Waals surface area contributed by atoms with Gasteiger partial charge in [0.2, 0.25) is 0 Å². The number of hydrogen-bond donors (Lipinski definition) is 1. The molecular weight excluding hydrogens is 248 g/mol. The summed E-state index contributed by atoms with van der Waals surface area (Å²) in [5.74, 6) is 0. The number of likely N-dealkylation sites (N-methyl/N-ethyl adjacent to an activating group) is 1. The van der Waals surface area contributed by atoms with Crippen LogP contribution in [0.5, 0.6) is 0 Å². The van der Waals surface area contributed by atoms with Crippen LogP contribution in [0.1, 0.15) is 23.7 Å². The molecule has 3 rings (SSSR count). The zero-order valence-corrected chi connectivity index (χ0v) is 12.5. The van der Waals surface area contributed by atoms with Gasteiger partial charge in [0.1, 0.15) is 0 Å². The first-order valence-electron chi connectivity index (χ1n) is 7.26. The molecule has 0 atom stereocenters. The van der Waals surface area contributed by atoms with E-state index in [4.69, 9.17) is 0 Å². The monoisotopic (exact) mass is 270 g/mol. The summed E-state index contributed by atoms with van der Waals surface area (Å²) in [6.45, 7) is 4.13. The normalized spacial score (nSPS) is 13.7. The van der Waals surface area contributed by atoms with E-state index in [1.807, 2.05) is 11.7 Å². The molecule has 0 radical (unpaired) electrons. The van der Waals surface area contributed by atoms with Crippen molar-refractivity contribution in [1.82, 2.24) is 9.78 Å². The Morgan fingerprint density at radius 3 is 2.95 bits per heavy atom. The number of nitrogens with zero attached hydrogens (tertiary/aromatic N) is 3. The van der Waals surface area contributed by atoms with Gasteiger partial charge in [-0.05, 0) is 30.0 Å². The Kier molecular flexibility index (Phi) is 3.38. The topological polar surface area (TPSA) is 33.1 Å².